The third kappa shape index (κ3) is 3.80. The van der Waals surface area contributed by atoms with Gasteiger partial charge in [0.2, 0.25) is 0 Å². The van der Waals surface area contributed by atoms with Gasteiger partial charge < -0.3 is 20.1 Å². The Morgan fingerprint density at radius 2 is 2.19 bits per heavy atom. The number of H-pyrrole nitrogens is 2. The van der Waals surface area contributed by atoms with Crippen LogP contribution >= 0.6 is 0 Å². The molecule has 2 aromatic carbocycles. The number of phenolic OH excluding ortho intramolecular Hbond substituents is 1. The number of fused-ring (bicyclic) bond motifs is 1. The maximum atomic E-state index is 14.0. The third-order valence-electron chi connectivity index (χ3n) is 5.78. The van der Waals surface area contributed by atoms with E-state index >= 15 is 0 Å². The number of benzene rings is 2. The standard InChI is InChI=1S/C23H24FN5O2/c1-2-13-8-21(30)19(24)9-18(13)14-3-4-17-20(7-14)28-29-22(17)23-26-11-16(27-23)10-25-15-5-6-31-12-15/h3-4,7-9,11,15,25,30H,2,5-6,10,12H2,1H3,(H,26,27)(H,28,29). The lowest BCUT2D eigenvalue weighted by Gasteiger charge is -2.10. The van der Waals surface area contributed by atoms with Crippen molar-refractivity contribution in [1.82, 2.24) is 25.5 Å². The predicted molar refractivity (Wildman–Crippen MR) is 116 cm³/mol. The molecular formula is C23H24FN5O2. The highest BCUT2D eigenvalue weighted by Crippen LogP contribution is 2.33. The number of aryl methyl sites for hydroxylation is 1. The molecule has 1 aliphatic rings. The van der Waals surface area contributed by atoms with Gasteiger partial charge in [-0.25, -0.2) is 9.37 Å². The Kier molecular flexibility index (Phi) is 5.17. The fraction of sp³-hybridized carbons (Fsp3) is 0.304. The summed E-state index contributed by atoms with van der Waals surface area (Å²) in [4.78, 5) is 7.89. The number of nitrogens with one attached hydrogen (secondary N) is 3. The molecule has 0 aliphatic carbocycles. The Hall–Kier alpha value is -3.23. The summed E-state index contributed by atoms with van der Waals surface area (Å²) in [5.41, 5.74) is 5.00. The maximum Gasteiger partial charge on any atom is 0.165 e. The first-order valence-electron chi connectivity index (χ1n) is 10.5. The largest absolute Gasteiger partial charge is 0.505 e. The molecule has 2 aromatic heterocycles. The summed E-state index contributed by atoms with van der Waals surface area (Å²) in [6, 6.07) is 9.10. The number of nitrogens with zero attached hydrogens (tertiary/aromatic N) is 2. The van der Waals surface area contributed by atoms with Crippen molar-refractivity contribution in [3.05, 3.63) is 53.6 Å². The summed E-state index contributed by atoms with van der Waals surface area (Å²) in [5, 5.41) is 21.6. The number of phenols is 1. The lowest BCUT2D eigenvalue weighted by Crippen LogP contribution is -2.28. The zero-order valence-corrected chi connectivity index (χ0v) is 17.2. The Labute approximate surface area is 178 Å². The van der Waals surface area contributed by atoms with Crippen LogP contribution in [-0.4, -0.2) is 44.5 Å². The number of aromatic nitrogens is 4. The maximum absolute atomic E-state index is 14.0. The van der Waals surface area contributed by atoms with Crippen molar-refractivity contribution in [2.24, 2.45) is 0 Å². The molecule has 3 heterocycles. The van der Waals surface area contributed by atoms with Crippen molar-refractivity contribution in [2.45, 2.75) is 32.4 Å². The van der Waals surface area contributed by atoms with E-state index in [1.807, 2.05) is 31.3 Å². The van der Waals surface area contributed by atoms with Gasteiger partial charge in [-0.1, -0.05) is 13.0 Å². The van der Waals surface area contributed by atoms with Crippen LogP contribution < -0.4 is 5.32 Å². The van der Waals surface area contributed by atoms with Crippen LogP contribution in [0.2, 0.25) is 0 Å². The molecule has 1 aliphatic heterocycles. The van der Waals surface area contributed by atoms with Gasteiger partial charge in [0.1, 0.15) is 5.69 Å². The number of rotatable bonds is 6. The second-order valence-electron chi connectivity index (χ2n) is 7.83. The first kappa shape index (κ1) is 19.7. The van der Waals surface area contributed by atoms with Gasteiger partial charge in [0.25, 0.3) is 0 Å². The molecule has 0 amide bonds. The summed E-state index contributed by atoms with van der Waals surface area (Å²) >= 11 is 0. The van der Waals surface area contributed by atoms with Crippen LogP contribution in [0.4, 0.5) is 4.39 Å². The van der Waals surface area contributed by atoms with E-state index in [9.17, 15) is 9.50 Å². The average molecular weight is 421 g/mol. The Balaban J connectivity index is 1.42. The van der Waals surface area contributed by atoms with Gasteiger partial charge in [0.15, 0.2) is 17.4 Å². The molecule has 4 aromatic rings. The molecule has 0 radical (unpaired) electrons. The molecule has 0 bridgehead atoms. The molecule has 7 nitrogen and oxygen atoms in total. The SMILES string of the molecule is CCc1cc(O)c(F)cc1-c1ccc2c(-c3nc(CNC4CCOC4)c[nH]3)n[nH]c2c1. The average Bonchev–Trinajstić information content (AvgIpc) is 3.53. The predicted octanol–water partition coefficient (Wildman–Crippen LogP) is 3.91. The quantitative estimate of drug-likeness (QED) is 0.378. The monoisotopic (exact) mass is 421 g/mol. The molecular weight excluding hydrogens is 397 g/mol. The van der Waals surface area contributed by atoms with E-state index in [-0.39, 0.29) is 5.75 Å². The van der Waals surface area contributed by atoms with E-state index in [0.29, 0.717) is 24.8 Å². The molecule has 1 atom stereocenters. The normalized spacial score (nSPS) is 16.4. The van der Waals surface area contributed by atoms with Gasteiger partial charge in [0, 0.05) is 30.8 Å². The highest BCUT2D eigenvalue weighted by atomic mass is 19.1. The molecule has 1 unspecified atom stereocenters. The van der Waals surface area contributed by atoms with Crippen molar-refractivity contribution in [2.75, 3.05) is 13.2 Å². The van der Waals surface area contributed by atoms with Crippen LogP contribution in [0.1, 0.15) is 24.6 Å². The van der Waals surface area contributed by atoms with Crippen molar-refractivity contribution in [1.29, 1.82) is 0 Å². The van der Waals surface area contributed by atoms with E-state index in [0.717, 1.165) is 58.6 Å². The summed E-state index contributed by atoms with van der Waals surface area (Å²) in [5.74, 6) is -0.254. The molecule has 1 saturated heterocycles. The van der Waals surface area contributed by atoms with Gasteiger partial charge >= 0.3 is 0 Å². The lowest BCUT2D eigenvalue weighted by molar-refractivity contribution is 0.189. The zero-order chi connectivity index (χ0) is 21.4. The topological polar surface area (TPSA) is 98.9 Å². The van der Waals surface area contributed by atoms with Crippen LogP contribution in [-0.2, 0) is 17.7 Å². The Bertz CT molecular complexity index is 1230. The molecule has 4 N–H and O–H groups in total. The first-order valence-corrected chi connectivity index (χ1v) is 10.5. The second kappa shape index (κ2) is 8.13. The minimum atomic E-state index is -0.626. The van der Waals surface area contributed by atoms with Gasteiger partial charge in [-0.3, -0.25) is 5.10 Å². The minimum absolute atomic E-state index is 0.325. The molecule has 1 fully saturated rings. The Morgan fingerprint density at radius 1 is 1.29 bits per heavy atom. The van der Waals surface area contributed by atoms with Crippen LogP contribution in [0.25, 0.3) is 33.5 Å². The number of hydrogen-bond acceptors (Lipinski definition) is 5. The van der Waals surface area contributed by atoms with E-state index < -0.39 is 5.82 Å². The van der Waals surface area contributed by atoms with Crippen LogP contribution in [0.3, 0.4) is 0 Å². The molecule has 8 heteroatoms. The highest BCUT2D eigenvalue weighted by molar-refractivity contribution is 5.94. The van der Waals surface area contributed by atoms with Crippen LogP contribution in [0.15, 0.2) is 36.5 Å². The van der Waals surface area contributed by atoms with E-state index in [4.69, 9.17) is 4.74 Å². The van der Waals surface area contributed by atoms with E-state index in [1.54, 1.807) is 0 Å². The number of imidazole rings is 1. The summed E-state index contributed by atoms with van der Waals surface area (Å²) in [6.07, 6.45) is 3.60. The molecule has 0 spiro atoms. The lowest BCUT2D eigenvalue weighted by atomic mass is 9.96. The summed E-state index contributed by atoms with van der Waals surface area (Å²) < 4.78 is 19.4. The second-order valence-corrected chi connectivity index (χ2v) is 7.83. The van der Waals surface area contributed by atoms with Crippen molar-refractivity contribution >= 4 is 10.9 Å². The zero-order valence-electron chi connectivity index (χ0n) is 17.2. The van der Waals surface area contributed by atoms with Gasteiger partial charge in [0.05, 0.1) is 17.8 Å². The van der Waals surface area contributed by atoms with E-state index in [2.05, 4.69) is 25.5 Å². The van der Waals surface area contributed by atoms with E-state index in [1.165, 1.54) is 12.1 Å². The van der Waals surface area contributed by atoms with Gasteiger partial charge in [-0.15, -0.1) is 0 Å². The Morgan fingerprint density at radius 3 is 3.00 bits per heavy atom. The van der Waals surface area contributed by atoms with Crippen LogP contribution in [0, 0.1) is 5.82 Å². The smallest absolute Gasteiger partial charge is 0.165 e. The van der Waals surface area contributed by atoms with Gasteiger partial charge in [-0.05, 0) is 53.8 Å². The number of aromatic hydroxyl groups is 1. The number of aromatic amines is 2. The van der Waals surface area contributed by atoms with Crippen LogP contribution in [0.5, 0.6) is 5.75 Å². The molecule has 31 heavy (non-hydrogen) atoms. The summed E-state index contributed by atoms with van der Waals surface area (Å²) in [7, 11) is 0. The third-order valence-corrected chi connectivity index (χ3v) is 5.78. The molecule has 0 saturated carbocycles. The van der Waals surface area contributed by atoms with Gasteiger partial charge in [-0.2, -0.15) is 5.10 Å². The number of halogens is 1. The fourth-order valence-electron chi connectivity index (χ4n) is 4.05. The number of ether oxygens (including phenoxy) is 1. The summed E-state index contributed by atoms with van der Waals surface area (Å²) in [6.45, 7) is 4.20. The van der Waals surface area contributed by atoms with Crippen molar-refractivity contribution in [3.63, 3.8) is 0 Å². The fourth-order valence-corrected chi connectivity index (χ4v) is 4.05. The molecule has 5 rings (SSSR count). The number of hydrogen-bond donors (Lipinski definition) is 4. The van der Waals surface area contributed by atoms with Crippen molar-refractivity contribution < 1.29 is 14.2 Å². The first-order chi connectivity index (χ1) is 15.1. The minimum Gasteiger partial charge on any atom is -0.505 e. The highest BCUT2D eigenvalue weighted by Gasteiger charge is 2.17. The van der Waals surface area contributed by atoms with Crippen molar-refractivity contribution in [3.8, 4) is 28.4 Å². The molecule has 160 valence electrons.